The number of aromatic amines is 1. The summed E-state index contributed by atoms with van der Waals surface area (Å²) in [5.41, 5.74) is 4.04. The average Bonchev–Trinajstić information content (AvgIpc) is 3.28. The molecule has 5 aromatic rings. The zero-order valence-corrected chi connectivity index (χ0v) is 14.0. The molecule has 0 bridgehead atoms. The smallest absolute Gasteiger partial charge is 0.207 e. The van der Waals surface area contributed by atoms with Crippen LogP contribution in [-0.2, 0) is 0 Å². The van der Waals surface area contributed by atoms with Gasteiger partial charge in [0.05, 0.1) is 16.7 Å². The minimum atomic E-state index is 0.709. The summed E-state index contributed by atoms with van der Waals surface area (Å²) in [5, 5.41) is 8.61. The first-order valence-corrected chi connectivity index (χ1v) is 8.90. The molecule has 25 heavy (non-hydrogen) atoms. The third kappa shape index (κ3) is 2.64. The molecule has 0 fully saturated rings. The number of hydrogen-bond donors (Lipinski definition) is 2. The number of para-hydroxylation sites is 2. The molecule has 4 nitrogen and oxygen atoms in total. The van der Waals surface area contributed by atoms with Crippen LogP contribution in [0.5, 0.6) is 0 Å². The van der Waals surface area contributed by atoms with Crippen LogP contribution in [-0.4, -0.2) is 15.0 Å². The van der Waals surface area contributed by atoms with Crippen LogP contribution in [0.2, 0.25) is 0 Å². The number of hydrogen-bond acceptors (Lipinski definition) is 4. The van der Waals surface area contributed by atoms with Crippen LogP contribution in [0.25, 0.3) is 33.1 Å². The second-order valence-electron chi connectivity index (χ2n) is 5.83. The van der Waals surface area contributed by atoms with Gasteiger partial charge >= 0.3 is 0 Å². The zero-order valence-electron chi connectivity index (χ0n) is 13.2. The van der Waals surface area contributed by atoms with E-state index in [1.54, 1.807) is 11.3 Å². The van der Waals surface area contributed by atoms with Crippen molar-refractivity contribution in [1.82, 2.24) is 15.0 Å². The van der Waals surface area contributed by atoms with Gasteiger partial charge in [0.2, 0.25) is 5.95 Å². The molecule has 0 spiro atoms. The molecule has 2 heterocycles. The number of H-pyrrole nitrogens is 1. The van der Waals surface area contributed by atoms with E-state index < -0.39 is 0 Å². The lowest BCUT2D eigenvalue weighted by Crippen LogP contribution is -1.91. The number of nitrogens with one attached hydrogen (secondary N) is 2. The van der Waals surface area contributed by atoms with Gasteiger partial charge in [0, 0.05) is 10.9 Å². The van der Waals surface area contributed by atoms with Gasteiger partial charge in [-0.1, -0.05) is 48.5 Å². The summed E-state index contributed by atoms with van der Waals surface area (Å²) in [5.74, 6) is 0.709. The summed E-state index contributed by atoms with van der Waals surface area (Å²) in [4.78, 5) is 12.5. The average molecular weight is 342 g/mol. The first kappa shape index (κ1) is 14.2. The van der Waals surface area contributed by atoms with Crippen LogP contribution in [0.15, 0.2) is 72.1 Å². The van der Waals surface area contributed by atoms with Crippen molar-refractivity contribution in [1.29, 1.82) is 0 Å². The SMILES string of the molecule is c1ccc2cc(-c3csc(Nc4nc5ccccc5[nH]4)n3)ccc2c1. The minimum Gasteiger partial charge on any atom is -0.324 e. The first-order valence-electron chi connectivity index (χ1n) is 8.02. The van der Waals surface area contributed by atoms with Gasteiger partial charge in [-0.2, -0.15) is 0 Å². The molecule has 5 rings (SSSR count). The number of nitrogens with zero attached hydrogens (tertiary/aromatic N) is 2. The molecule has 0 saturated heterocycles. The van der Waals surface area contributed by atoms with Crippen molar-refractivity contribution in [3.8, 4) is 11.3 Å². The highest BCUT2D eigenvalue weighted by atomic mass is 32.1. The summed E-state index contributed by atoms with van der Waals surface area (Å²) < 4.78 is 0. The quantitative estimate of drug-likeness (QED) is 0.450. The van der Waals surface area contributed by atoms with Crippen LogP contribution in [0.1, 0.15) is 0 Å². The number of rotatable bonds is 3. The molecule has 0 aliphatic rings. The molecule has 0 saturated carbocycles. The van der Waals surface area contributed by atoms with Crippen LogP contribution >= 0.6 is 11.3 Å². The molecular weight excluding hydrogens is 328 g/mol. The lowest BCUT2D eigenvalue weighted by molar-refractivity contribution is 1.28. The number of fused-ring (bicyclic) bond motifs is 2. The highest BCUT2D eigenvalue weighted by molar-refractivity contribution is 7.14. The Labute approximate surface area is 148 Å². The molecule has 2 N–H and O–H groups in total. The number of thiazole rings is 1. The van der Waals surface area contributed by atoms with E-state index in [-0.39, 0.29) is 0 Å². The fourth-order valence-electron chi connectivity index (χ4n) is 2.93. The van der Waals surface area contributed by atoms with E-state index in [0.29, 0.717) is 5.95 Å². The predicted molar refractivity (Wildman–Crippen MR) is 104 cm³/mol. The van der Waals surface area contributed by atoms with Crippen molar-refractivity contribution < 1.29 is 0 Å². The van der Waals surface area contributed by atoms with Crippen molar-refractivity contribution in [3.05, 3.63) is 72.1 Å². The van der Waals surface area contributed by atoms with Gasteiger partial charge in [-0.15, -0.1) is 11.3 Å². The molecule has 0 aliphatic heterocycles. The lowest BCUT2D eigenvalue weighted by atomic mass is 10.1. The number of aromatic nitrogens is 3. The van der Waals surface area contributed by atoms with Crippen molar-refractivity contribution in [2.24, 2.45) is 0 Å². The van der Waals surface area contributed by atoms with E-state index in [1.165, 1.54) is 10.8 Å². The van der Waals surface area contributed by atoms with Gasteiger partial charge in [-0.3, -0.25) is 0 Å². The highest BCUT2D eigenvalue weighted by Gasteiger charge is 2.08. The van der Waals surface area contributed by atoms with Crippen molar-refractivity contribution in [2.45, 2.75) is 0 Å². The standard InChI is InChI=1S/C20H14N4S/c1-2-6-14-11-15(10-9-13(14)5-1)18-12-25-20(23-18)24-19-21-16-7-3-4-8-17(16)22-19/h1-12H,(H2,21,22,23,24). The van der Waals surface area contributed by atoms with Crippen LogP contribution in [0, 0.1) is 0 Å². The number of imidazole rings is 1. The van der Waals surface area contributed by atoms with E-state index in [0.717, 1.165) is 27.4 Å². The second-order valence-corrected chi connectivity index (χ2v) is 6.69. The maximum atomic E-state index is 4.70. The molecule has 3 aromatic carbocycles. The van der Waals surface area contributed by atoms with Gasteiger partial charge < -0.3 is 10.3 Å². The largest absolute Gasteiger partial charge is 0.324 e. The predicted octanol–water partition coefficient (Wildman–Crippen LogP) is 5.58. The van der Waals surface area contributed by atoms with E-state index in [2.05, 4.69) is 63.1 Å². The summed E-state index contributed by atoms with van der Waals surface area (Å²) >= 11 is 1.57. The van der Waals surface area contributed by atoms with E-state index in [9.17, 15) is 0 Å². The minimum absolute atomic E-state index is 0.709. The van der Waals surface area contributed by atoms with E-state index in [1.807, 2.05) is 24.3 Å². The maximum Gasteiger partial charge on any atom is 0.207 e. The Hall–Kier alpha value is -3.18. The van der Waals surface area contributed by atoms with Gasteiger partial charge in [-0.25, -0.2) is 9.97 Å². The van der Waals surface area contributed by atoms with Crippen molar-refractivity contribution >= 4 is 44.2 Å². The Kier molecular flexibility index (Phi) is 3.24. The molecule has 0 radical (unpaired) electrons. The summed E-state index contributed by atoms with van der Waals surface area (Å²) in [6, 6.07) is 22.7. The molecule has 2 aromatic heterocycles. The van der Waals surface area contributed by atoms with Crippen LogP contribution in [0.4, 0.5) is 11.1 Å². The Bertz CT molecular complexity index is 1160. The molecule has 0 unspecified atom stereocenters. The molecule has 5 heteroatoms. The summed E-state index contributed by atoms with van der Waals surface area (Å²) in [6.07, 6.45) is 0. The molecule has 0 aliphatic carbocycles. The first-order chi connectivity index (χ1) is 12.3. The normalized spacial score (nSPS) is 11.2. The molecule has 0 atom stereocenters. The van der Waals surface area contributed by atoms with Gasteiger partial charge in [0.1, 0.15) is 0 Å². The molecule has 0 amide bonds. The van der Waals surface area contributed by atoms with Crippen LogP contribution in [0.3, 0.4) is 0 Å². The fraction of sp³-hybridized carbons (Fsp3) is 0. The van der Waals surface area contributed by atoms with Gasteiger partial charge in [-0.05, 0) is 29.0 Å². The van der Waals surface area contributed by atoms with E-state index >= 15 is 0 Å². The maximum absolute atomic E-state index is 4.70. The molecular formula is C20H14N4S. The zero-order chi connectivity index (χ0) is 16.6. The van der Waals surface area contributed by atoms with Crippen molar-refractivity contribution in [3.63, 3.8) is 0 Å². The van der Waals surface area contributed by atoms with Crippen molar-refractivity contribution in [2.75, 3.05) is 5.32 Å². The monoisotopic (exact) mass is 342 g/mol. The molecule has 120 valence electrons. The third-order valence-electron chi connectivity index (χ3n) is 4.16. The third-order valence-corrected chi connectivity index (χ3v) is 4.92. The number of anilines is 2. The fourth-order valence-corrected chi connectivity index (χ4v) is 3.64. The Morgan fingerprint density at radius 3 is 2.60 bits per heavy atom. The lowest BCUT2D eigenvalue weighted by Gasteiger charge is -2.01. The highest BCUT2D eigenvalue weighted by Crippen LogP contribution is 2.29. The Balaban J connectivity index is 1.45. The van der Waals surface area contributed by atoms with Crippen LogP contribution < -0.4 is 5.32 Å². The Morgan fingerprint density at radius 1 is 0.840 bits per heavy atom. The Morgan fingerprint density at radius 2 is 1.68 bits per heavy atom. The summed E-state index contributed by atoms with van der Waals surface area (Å²) in [7, 11) is 0. The van der Waals surface area contributed by atoms with E-state index in [4.69, 9.17) is 4.98 Å². The number of benzene rings is 3. The topological polar surface area (TPSA) is 53.6 Å². The van der Waals surface area contributed by atoms with Gasteiger partial charge in [0.15, 0.2) is 5.13 Å². The summed E-state index contributed by atoms with van der Waals surface area (Å²) in [6.45, 7) is 0. The van der Waals surface area contributed by atoms with Gasteiger partial charge in [0.25, 0.3) is 0 Å². The second kappa shape index (κ2) is 5.72.